The monoisotopic (exact) mass is 227 g/mol. The first kappa shape index (κ1) is 11.9. The Labute approximate surface area is 92.5 Å². The van der Waals surface area contributed by atoms with Crippen LogP contribution in [0.25, 0.3) is 0 Å². The third-order valence-corrected chi connectivity index (χ3v) is 2.51. The standard InChI is InChI=1S/C9H13N3O2S/c1-12(2)9(14)7-3-4-8(11-10-7)15-6-5-13/h3-4,13H,5-6H2,1-2H3. The molecule has 0 spiro atoms. The maximum absolute atomic E-state index is 11.4. The Morgan fingerprint density at radius 1 is 1.47 bits per heavy atom. The molecule has 1 N–H and O–H groups in total. The van der Waals surface area contributed by atoms with Gasteiger partial charge in [-0.2, -0.15) is 0 Å². The Hall–Kier alpha value is -1.14. The lowest BCUT2D eigenvalue weighted by Crippen LogP contribution is -2.23. The van der Waals surface area contributed by atoms with Gasteiger partial charge in [-0.25, -0.2) is 0 Å². The van der Waals surface area contributed by atoms with Crippen molar-refractivity contribution in [3.63, 3.8) is 0 Å². The van der Waals surface area contributed by atoms with Crippen LogP contribution in [0.3, 0.4) is 0 Å². The van der Waals surface area contributed by atoms with E-state index in [1.54, 1.807) is 26.2 Å². The zero-order valence-electron chi connectivity index (χ0n) is 8.67. The highest BCUT2D eigenvalue weighted by atomic mass is 32.2. The number of nitrogens with zero attached hydrogens (tertiary/aromatic N) is 3. The van der Waals surface area contributed by atoms with Gasteiger partial charge in [0.2, 0.25) is 0 Å². The third kappa shape index (κ3) is 3.49. The van der Waals surface area contributed by atoms with Crippen molar-refractivity contribution >= 4 is 17.7 Å². The molecule has 0 aromatic carbocycles. The van der Waals surface area contributed by atoms with Crippen molar-refractivity contribution in [2.45, 2.75) is 5.03 Å². The maximum Gasteiger partial charge on any atom is 0.273 e. The zero-order chi connectivity index (χ0) is 11.3. The smallest absolute Gasteiger partial charge is 0.273 e. The minimum atomic E-state index is -0.166. The van der Waals surface area contributed by atoms with E-state index in [0.29, 0.717) is 16.5 Å². The summed E-state index contributed by atoms with van der Waals surface area (Å²) >= 11 is 1.40. The molecule has 0 unspecified atom stereocenters. The highest BCUT2D eigenvalue weighted by molar-refractivity contribution is 7.99. The van der Waals surface area contributed by atoms with Crippen molar-refractivity contribution in [2.75, 3.05) is 26.5 Å². The van der Waals surface area contributed by atoms with Gasteiger partial charge in [0.15, 0.2) is 5.69 Å². The molecule has 0 fully saturated rings. The highest BCUT2D eigenvalue weighted by Crippen LogP contribution is 2.13. The molecule has 1 rings (SSSR count). The number of carbonyl (C=O) groups excluding carboxylic acids is 1. The van der Waals surface area contributed by atoms with Gasteiger partial charge in [-0.3, -0.25) is 4.79 Å². The van der Waals surface area contributed by atoms with Crippen molar-refractivity contribution in [3.8, 4) is 0 Å². The van der Waals surface area contributed by atoms with Gasteiger partial charge < -0.3 is 10.0 Å². The molecule has 1 aromatic rings. The number of aliphatic hydroxyl groups is 1. The van der Waals surface area contributed by atoms with E-state index in [1.807, 2.05) is 0 Å². The summed E-state index contributed by atoms with van der Waals surface area (Å²) in [6.07, 6.45) is 0. The molecule has 6 heteroatoms. The first-order chi connectivity index (χ1) is 7.15. The van der Waals surface area contributed by atoms with Crippen molar-refractivity contribution in [2.24, 2.45) is 0 Å². The molecule has 0 saturated carbocycles. The van der Waals surface area contributed by atoms with E-state index in [-0.39, 0.29) is 12.5 Å². The van der Waals surface area contributed by atoms with Crippen LogP contribution in [0.4, 0.5) is 0 Å². The number of amides is 1. The molecule has 0 radical (unpaired) electrons. The van der Waals surface area contributed by atoms with Crippen LogP contribution >= 0.6 is 11.8 Å². The van der Waals surface area contributed by atoms with Gasteiger partial charge in [0.1, 0.15) is 5.03 Å². The summed E-state index contributed by atoms with van der Waals surface area (Å²) in [5, 5.41) is 17.0. The zero-order valence-corrected chi connectivity index (χ0v) is 9.49. The van der Waals surface area contributed by atoms with Crippen LogP contribution in [0, 0.1) is 0 Å². The summed E-state index contributed by atoms with van der Waals surface area (Å²) in [5.41, 5.74) is 0.327. The topological polar surface area (TPSA) is 66.3 Å². The Bertz CT molecular complexity index is 327. The molecular formula is C9H13N3O2S. The van der Waals surface area contributed by atoms with Gasteiger partial charge in [0, 0.05) is 19.8 Å². The lowest BCUT2D eigenvalue weighted by atomic mass is 10.3. The molecule has 0 aliphatic rings. The second kappa shape index (κ2) is 5.67. The summed E-state index contributed by atoms with van der Waals surface area (Å²) in [7, 11) is 3.33. The molecule has 0 aliphatic carbocycles. The van der Waals surface area contributed by atoms with E-state index >= 15 is 0 Å². The van der Waals surface area contributed by atoms with Crippen LogP contribution in [0.15, 0.2) is 17.2 Å². The number of thioether (sulfide) groups is 1. The summed E-state index contributed by atoms with van der Waals surface area (Å²) < 4.78 is 0. The summed E-state index contributed by atoms with van der Waals surface area (Å²) in [4.78, 5) is 12.9. The van der Waals surface area contributed by atoms with Crippen LogP contribution in [0.2, 0.25) is 0 Å². The van der Waals surface area contributed by atoms with Crippen LogP contribution in [0.5, 0.6) is 0 Å². The molecule has 0 atom stereocenters. The number of aliphatic hydroxyl groups excluding tert-OH is 1. The summed E-state index contributed by atoms with van der Waals surface area (Å²) in [6.45, 7) is 0.102. The molecule has 82 valence electrons. The minimum absolute atomic E-state index is 0.102. The minimum Gasteiger partial charge on any atom is -0.396 e. The average Bonchev–Trinajstić information content (AvgIpc) is 2.26. The lowest BCUT2D eigenvalue weighted by molar-refractivity contribution is 0.0820. The first-order valence-electron chi connectivity index (χ1n) is 4.44. The van der Waals surface area contributed by atoms with Gasteiger partial charge in [0.05, 0.1) is 6.61 Å². The second-order valence-corrected chi connectivity index (χ2v) is 4.14. The molecule has 1 amide bonds. The molecule has 5 nitrogen and oxygen atoms in total. The van der Waals surface area contributed by atoms with Crippen molar-refractivity contribution in [1.29, 1.82) is 0 Å². The Kier molecular flexibility index (Phi) is 4.51. The second-order valence-electron chi connectivity index (χ2n) is 3.03. The quantitative estimate of drug-likeness (QED) is 0.747. The summed E-state index contributed by atoms with van der Waals surface area (Å²) in [6, 6.07) is 3.36. The van der Waals surface area contributed by atoms with Crippen LogP contribution < -0.4 is 0 Å². The number of carbonyl (C=O) groups is 1. The third-order valence-electron chi connectivity index (χ3n) is 1.61. The van der Waals surface area contributed by atoms with Crippen LogP contribution in [0.1, 0.15) is 10.5 Å². The van der Waals surface area contributed by atoms with E-state index in [1.165, 1.54) is 16.7 Å². The molecular weight excluding hydrogens is 214 g/mol. The van der Waals surface area contributed by atoms with Gasteiger partial charge in [0.25, 0.3) is 5.91 Å². The van der Waals surface area contributed by atoms with Crippen molar-refractivity contribution in [3.05, 3.63) is 17.8 Å². The number of hydrogen-bond donors (Lipinski definition) is 1. The van der Waals surface area contributed by atoms with E-state index in [9.17, 15) is 4.79 Å². The van der Waals surface area contributed by atoms with Gasteiger partial charge >= 0.3 is 0 Å². The Morgan fingerprint density at radius 2 is 2.20 bits per heavy atom. The fraction of sp³-hybridized carbons (Fsp3) is 0.444. The number of aromatic nitrogens is 2. The SMILES string of the molecule is CN(C)C(=O)c1ccc(SCCO)nn1. The van der Waals surface area contributed by atoms with E-state index in [0.717, 1.165) is 0 Å². The van der Waals surface area contributed by atoms with E-state index < -0.39 is 0 Å². The lowest BCUT2D eigenvalue weighted by Gasteiger charge is -2.08. The normalized spacial score (nSPS) is 10.1. The van der Waals surface area contributed by atoms with Crippen LogP contribution in [-0.4, -0.2) is 52.6 Å². The predicted molar refractivity (Wildman–Crippen MR) is 57.9 cm³/mol. The van der Waals surface area contributed by atoms with E-state index in [4.69, 9.17) is 5.11 Å². The molecule has 0 aliphatic heterocycles. The maximum atomic E-state index is 11.4. The summed E-state index contributed by atoms with van der Waals surface area (Å²) in [5.74, 6) is 0.413. The molecule has 0 saturated heterocycles. The molecule has 1 aromatic heterocycles. The van der Waals surface area contributed by atoms with Gasteiger partial charge in [-0.15, -0.1) is 22.0 Å². The van der Waals surface area contributed by atoms with Crippen LogP contribution in [-0.2, 0) is 0 Å². The Morgan fingerprint density at radius 3 is 2.67 bits per heavy atom. The average molecular weight is 227 g/mol. The fourth-order valence-electron chi connectivity index (χ4n) is 0.890. The predicted octanol–water partition coefficient (Wildman–Crippen LogP) is 0.263. The van der Waals surface area contributed by atoms with Crippen molar-refractivity contribution in [1.82, 2.24) is 15.1 Å². The largest absolute Gasteiger partial charge is 0.396 e. The molecule has 0 bridgehead atoms. The van der Waals surface area contributed by atoms with E-state index in [2.05, 4.69) is 10.2 Å². The number of hydrogen-bond acceptors (Lipinski definition) is 5. The fourth-order valence-corrected chi connectivity index (χ4v) is 1.45. The van der Waals surface area contributed by atoms with Gasteiger partial charge in [-0.1, -0.05) is 0 Å². The molecule has 15 heavy (non-hydrogen) atoms. The Balaban J connectivity index is 2.68. The first-order valence-corrected chi connectivity index (χ1v) is 5.42. The number of rotatable bonds is 4. The van der Waals surface area contributed by atoms with Gasteiger partial charge in [-0.05, 0) is 12.1 Å². The van der Waals surface area contributed by atoms with Crippen molar-refractivity contribution < 1.29 is 9.90 Å². The highest BCUT2D eigenvalue weighted by Gasteiger charge is 2.09. The molecule has 1 heterocycles.